The van der Waals surface area contributed by atoms with Crippen LogP contribution in [0.2, 0.25) is 0 Å². The number of fused-ring (bicyclic) bond motifs is 1. The third-order valence-electron chi connectivity index (χ3n) is 7.45. The van der Waals surface area contributed by atoms with Crippen LogP contribution in [0.25, 0.3) is 0 Å². The number of nitrogens with one attached hydrogen (secondary N) is 1. The minimum Gasteiger partial charge on any atom is -0.477 e. The van der Waals surface area contributed by atoms with E-state index in [1.165, 1.54) is 12.0 Å². The van der Waals surface area contributed by atoms with E-state index in [1.54, 1.807) is 0 Å². The van der Waals surface area contributed by atoms with Crippen molar-refractivity contribution in [1.29, 1.82) is 0 Å². The number of carbonyl (C=O) groups is 1. The predicted octanol–water partition coefficient (Wildman–Crippen LogP) is 3.60. The molecule has 2 aromatic rings. The van der Waals surface area contributed by atoms with Gasteiger partial charge in [0, 0.05) is 51.1 Å². The normalized spacial score (nSPS) is 22.6. The zero-order valence-electron chi connectivity index (χ0n) is 19.8. The molecule has 1 saturated heterocycles. The molecule has 3 aliphatic rings. The summed E-state index contributed by atoms with van der Waals surface area (Å²) in [6.45, 7) is 3.30. The third-order valence-corrected chi connectivity index (χ3v) is 7.45. The number of carbonyl (C=O) groups excluding carboxylic acids is 1. The van der Waals surface area contributed by atoms with Crippen LogP contribution in [-0.4, -0.2) is 65.0 Å². The van der Waals surface area contributed by atoms with E-state index in [9.17, 15) is 4.79 Å². The quantitative estimate of drug-likeness (QED) is 0.752. The third kappa shape index (κ3) is 4.43. The first-order chi connectivity index (χ1) is 16.1. The highest BCUT2D eigenvalue weighted by Gasteiger charge is 2.46. The van der Waals surface area contributed by atoms with Crippen molar-refractivity contribution in [2.45, 2.75) is 63.0 Å². The minimum atomic E-state index is -0.744. The van der Waals surface area contributed by atoms with Crippen LogP contribution in [0, 0.1) is 0 Å². The maximum Gasteiger partial charge on any atom is 0.266 e. The molecule has 5 rings (SSSR count). The first kappa shape index (κ1) is 22.1. The fourth-order valence-electron chi connectivity index (χ4n) is 5.60. The summed E-state index contributed by atoms with van der Waals surface area (Å²) in [7, 11) is 4.06. The second kappa shape index (κ2) is 9.29. The second-order valence-corrected chi connectivity index (χ2v) is 9.80. The molecule has 1 amide bonds. The summed E-state index contributed by atoms with van der Waals surface area (Å²) in [5.74, 6) is 2.90. The monoisotopic (exact) mass is 449 g/mol. The Hall–Kier alpha value is -2.67. The molecule has 0 spiro atoms. The summed E-state index contributed by atoms with van der Waals surface area (Å²) in [5, 5.41) is 3.28. The lowest BCUT2D eigenvalue weighted by Gasteiger charge is -2.39. The van der Waals surface area contributed by atoms with Gasteiger partial charge in [0.15, 0.2) is 5.60 Å². The molecule has 2 aliphatic heterocycles. The molecule has 0 radical (unpaired) electrons. The van der Waals surface area contributed by atoms with Gasteiger partial charge in [0.05, 0.1) is 5.69 Å². The second-order valence-electron chi connectivity index (χ2n) is 9.80. The number of aromatic nitrogens is 2. The van der Waals surface area contributed by atoms with Gasteiger partial charge in [-0.3, -0.25) is 4.79 Å². The van der Waals surface area contributed by atoms with Gasteiger partial charge in [-0.15, -0.1) is 0 Å². The molecular weight excluding hydrogens is 414 g/mol. The van der Waals surface area contributed by atoms with Crippen LogP contribution in [0.4, 0.5) is 5.82 Å². The van der Waals surface area contributed by atoms with Crippen LogP contribution in [-0.2, 0) is 17.8 Å². The number of hydrogen-bond donors (Lipinski definition) is 1. The van der Waals surface area contributed by atoms with Crippen LogP contribution in [0.15, 0.2) is 30.3 Å². The Labute approximate surface area is 196 Å². The molecule has 2 fully saturated rings. The summed E-state index contributed by atoms with van der Waals surface area (Å²) in [5.41, 5.74) is 1.62. The van der Waals surface area contributed by atoms with Crippen molar-refractivity contribution in [3.8, 4) is 5.75 Å². The van der Waals surface area contributed by atoms with Gasteiger partial charge >= 0.3 is 0 Å². The summed E-state index contributed by atoms with van der Waals surface area (Å²) >= 11 is 0. The number of nitrogens with zero attached hydrogens (tertiary/aromatic N) is 4. The number of ether oxygens (including phenoxy) is 1. The maximum atomic E-state index is 13.8. The number of para-hydroxylation sites is 1. The lowest BCUT2D eigenvalue weighted by atomic mass is 9.83. The van der Waals surface area contributed by atoms with Crippen LogP contribution in [0.5, 0.6) is 5.75 Å². The Morgan fingerprint density at radius 1 is 1.12 bits per heavy atom. The summed E-state index contributed by atoms with van der Waals surface area (Å²) in [4.78, 5) is 28.0. The molecule has 33 heavy (non-hydrogen) atoms. The molecule has 0 bridgehead atoms. The molecule has 0 unspecified atom stereocenters. The average Bonchev–Trinajstić information content (AvgIpc) is 3.34. The molecule has 7 heteroatoms. The number of hydrogen-bond acceptors (Lipinski definition) is 6. The van der Waals surface area contributed by atoms with E-state index in [0.29, 0.717) is 6.54 Å². The molecule has 1 aromatic heterocycles. The van der Waals surface area contributed by atoms with Crippen molar-refractivity contribution >= 4 is 11.7 Å². The van der Waals surface area contributed by atoms with Gasteiger partial charge in [0.1, 0.15) is 17.4 Å². The summed E-state index contributed by atoms with van der Waals surface area (Å²) in [6, 6.07) is 9.81. The van der Waals surface area contributed by atoms with E-state index in [1.807, 2.05) is 42.3 Å². The van der Waals surface area contributed by atoms with Crippen molar-refractivity contribution in [2.75, 3.05) is 39.0 Å². The topological polar surface area (TPSA) is 70.6 Å². The molecular formula is C26H35N5O2. The van der Waals surface area contributed by atoms with Crippen molar-refractivity contribution in [1.82, 2.24) is 19.8 Å². The zero-order chi connectivity index (χ0) is 22.8. The first-order valence-electron chi connectivity index (χ1n) is 12.4. The number of likely N-dealkylation sites (tertiary alicyclic amines) is 1. The highest BCUT2D eigenvalue weighted by molar-refractivity contribution is 5.86. The molecule has 1 N–H and O–H groups in total. The molecule has 1 saturated carbocycles. The highest BCUT2D eigenvalue weighted by Crippen LogP contribution is 2.37. The van der Waals surface area contributed by atoms with Crippen molar-refractivity contribution < 1.29 is 9.53 Å². The van der Waals surface area contributed by atoms with E-state index >= 15 is 0 Å². The summed E-state index contributed by atoms with van der Waals surface area (Å²) < 4.78 is 6.44. The maximum absolute atomic E-state index is 13.8. The Balaban J connectivity index is 1.35. The van der Waals surface area contributed by atoms with Gasteiger partial charge in [-0.2, -0.15) is 0 Å². The Bertz CT molecular complexity index is 972. The van der Waals surface area contributed by atoms with Crippen molar-refractivity contribution in [2.24, 2.45) is 0 Å². The van der Waals surface area contributed by atoms with Crippen molar-refractivity contribution in [3.05, 3.63) is 47.4 Å². The molecule has 1 atom stereocenters. The van der Waals surface area contributed by atoms with Gasteiger partial charge in [0.25, 0.3) is 5.91 Å². The molecule has 176 valence electrons. The Morgan fingerprint density at radius 3 is 2.67 bits per heavy atom. The fraction of sp³-hybridized carbons (Fsp3) is 0.577. The number of amides is 1. The number of benzene rings is 1. The van der Waals surface area contributed by atoms with E-state index in [-0.39, 0.29) is 11.8 Å². The minimum absolute atomic E-state index is 0.141. The lowest BCUT2D eigenvalue weighted by molar-refractivity contribution is -0.150. The SMILES string of the molecule is CNc1nc([C@H]2CCN(C(=O)C3(Oc4ccccc4)CCCCC3)C2)nc2c1CN(C)CC2. The standard InChI is InChI=1S/C26H35N5O2/c1-27-24-21-18-30(2)15-12-22(21)28-23(29-24)19-11-16-31(17-19)25(32)26(13-7-4-8-14-26)33-20-9-5-3-6-10-20/h3,5-6,9-10,19H,4,7-8,11-18H2,1-2H3,(H,27,28,29)/t19-/m0/s1. The Kier molecular flexibility index (Phi) is 6.23. The Morgan fingerprint density at radius 2 is 1.91 bits per heavy atom. The molecule has 1 aliphatic carbocycles. The fourth-order valence-corrected chi connectivity index (χ4v) is 5.60. The summed E-state index contributed by atoms with van der Waals surface area (Å²) in [6.07, 6.45) is 6.64. The molecule has 3 heterocycles. The zero-order valence-corrected chi connectivity index (χ0v) is 19.8. The van der Waals surface area contributed by atoms with Gasteiger partial charge < -0.3 is 19.9 Å². The van der Waals surface area contributed by atoms with Crippen LogP contribution >= 0.6 is 0 Å². The number of anilines is 1. The van der Waals surface area contributed by atoms with Crippen LogP contribution in [0.3, 0.4) is 0 Å². The largest absolute Gasteiger partial charge is 0.477 e. The van der Waals surface area contributed by atoms with Crippen LogP contribution in [0.1, 0.15) is 61.5 Å². The predicted molar refractivity (Wildman–Crippen MR) is 128 cm³/mol. The lowest BCUT2D eigenvalue weighted by Crippen LogP contribution is -2.53. The van der Waals surface area contributed by atoms with Crippen LogP contribution < -0.4 is 10.1 Å². The van der Waals surface area contributed by atoms with Gasteiger partial charge in [-0.1, -0.05) is 24.6 Å². The molecule has 7 nitrogen and oxygen atoms in total. The number of likely N-dealkylation sites (N-methyl/N-ethyl adjacent to an activating group) is 1. The smallest absolute Gasteiger partial charge is 0.266 e. The van der Waals surface area contributed by atoms with Gasteiger partial charge in [-0.05, 0) is 51.3 Å². The van der Waals surface area contributed by atoms with E-state index in [0.717, 1.165) is 81.2 Å². The molecule has 1 aromatic carbocycles. The highest BCUT2D eigenvalue weighted by atomic mass is 16.5. The van der Waals surface area contributed by atoms with Gasteiger partial charge in [0.2, 0.25) is 0 Å². The number of rotatable bonds is 5. The average molecular weight is 450 g/mol. The van der Waals surface area contributed by atoms with E-state index < -0.39 is 5.60 Å². The van der Waals surface area contributed by atoms with E-state index in [2.05, 4.69) is 17.3 Å². The van der Waals surface area contributed by atoms with Gasteiger partial charge in [-0.25, -0.2) is 9.97 Å². The van der Waals surface area contributed by atoms with E-state index in [4.69, 9.17) is 14.7 Å². The first-order valence-corrected chi connectivity index (χ1v) is 12.4. The van der Waals surface area contributed by atoms with Crippen molar-refractivity contribution in [3.63, 3.8) is 0 Å².